The lowest BCUT2D eigenvalue weighted by Gasteiger charge is -2.17. The number of hydrogen-bond acceptors (Lipinski definition) is 3. The fourth-order valence-electron chi connectivity index (χ4n) is 1.87. The first kappa shape index (κ1) is 10.1. The molecule has 0 saturated carbocycles. The highest BCUT2D eigenvalue weighted by atomic mass is 16.2. The number of nitrogens with two attached hydrogens (primary N) is 1. The molecule has 0 bridgehead atoms. The average molecular weight is 205 g/mol. The highest BCUT2D eigenvalue weighted by Crippen LogP contribution is 2.15. The quantitative estimate of drug-likeness (QED) is 0.788. The number of likely N-dealkylation sites (tertiary alicyclic amines) is 1. The van der Waals surface area contributed by atoms with Crippen molar-refractivity contribution in [3.8, 4) is 0 Å². The van der Waals surface area contributed by atoms with Crippen LogP contribution < -0.4 is 5.73 Å². The van der Waals surface area contributed by atoms with Crippen LogP contribution in [0.15, 0.2) is 18.5 Å². The van der Waals surface area contributed by atoms with E-state index in [4.69, 9.17) is 5.73 Å². The molecule has 2 heterocycles. The van der Waals surface area contributed by atoms with E-state index < -0.39 is 0 Å². The van der Waals surface area contributed by atoms with Gasteiger partial charge in [-0.1, -0.05) is 0 Å². The van der Waals surface area contributed by atoms with Gasteiger partial charge in [0.05, 0.1) is 0 Å². The summed E-state index contributed by atoms with van der Waals surface area (Å²) in [5, 5.41) is 0. The van der Waals surface area contributed by atoms with E-state index in [0.29, 0.717) is 19.5 Å². The Hall–Kier alpha value is -1.42. The minimum Gasteiger partial charge on any atom is -0.338 e. The lowest BCUT2D eigenvalue weighted by atomic mass is 10.1. The SMILES string of the molecule is NCc1cnccc1CN1CCCC1=O. The number of rotatable bonds is 3. The van der Waals surface area contributed by atoms with Crippen molar-refractivity contribution in [2.75, 3.05) is 6.54 Å². The van der Waals surface area contributed by atoms with Crippen molar-refractivity contribution in [1.82, 2.24) is 9.88 Å². The number of amides is 1. The normalized spacial score (nSPS) is 16.1. The third-order valence-electron chi connectivity index (χ3n) is 2.76. The molecular weight excluding hydrogens is 190 g/mol. The zero-order valence-corrected chi connectivity index (χ0v) is 8.65. The first-order valence-electron chi connectivity index (χ1n) is 5.21. The Morgan fingerprint density at radius 2 is 2.33 bits per heavy atom. The van der Waals surface area contributed by atoms with Crippen LogP contribution in [0.25, 0.3) is 0 Å². The van der Waals surface area contributed by atoms with Crippen LogP contribution in [0.1, 0.15) is 24.0 Å². The van der Waals surface area contributed by atoms with Crippen molar-refractivity contribution in [1.29, 1.82) is 0 Å². The zero-order chi connectivity index (χ0) is 10.7. The summed E-state index contributed by atoms with van der Waals surface area (Å²) in [5.74, 6) is 0.245. The predicted molar refractivity (Wildman–Crippen MR) is 56.8 cm³/mol. The molecule has 0 aliphatic carbocycles. The molecule has 0 unspecified atom stereocenters. The van der Waals surface area contributed by atoms with Gasteiger partial charge in [-0.25, -0.2) is 0 Å². The van der Waals surface area contributed by atoms with Gasteiger partial charge in [-0.2, -0.15) is 0 Å². The Labute approximate surface area is 89.1 Å². The molecule has 15 heavy (non-hydrogen) atoms. The Bertz CT molecular complexity index is 365. The van der Waals surface area contributed by atoms with E-state index >= 15 is 0 Å². The Balaban J connectivity index is 2.12. The first-order valence-corrected chi connectivity index (χ1v) is 5.21. The van der Waals surface area contributed by atoms with Gasteiger partial charge in [-0.05, 0) is 23.6 Å². The lowest BCUT2D eigenvalue weighted by molar-refractivity contribution is -0.128. The summed E-state index contributed by atoms with van der Waals surface area (Å²) in [5.41, 5.74) is 7.75. The molecule has 0 aromatic carbocycles. The van der Waals surface area contributed by atoms with Gasteiger partial charge < -0.3 is 10.6 Å². The molecule has 80 valence electrons. The topological polar surface area (TPSA) is 59.2 Å². The molecule has 1 amide bonds. The fourth-order valence-corrected chi connectivity index (χ4v) is 1.87. The molecule has 2 rings (SSSR count). The van der Waals surface area contributed by atoms with Gasteiger partial charge in [0, 0.05) is 38.4 Å². The molecule has 1 aromatic rings. The standard InChI is InChI=1S/C11H15N3O/c12-6-10-7-13-4-3-9(10)8-14-5-1-2-11(14)15/h3-4,7H,1-2,5-6,8,12H2. The summed E-state index contributed by atoms with van der Waals surface area (Å²) in [7, 11) is 0. The van der Waals surface area contributed by atoms with E-state index in [2.05, 4.69) is 4.98 Å². The summed E-state index contributed by atoms with van der Waals surface area (Å²) in [6.45, 7) is 2.02. The van der Waals surface area contributed by atoms with E-state index in [1.54, 1.807) is 12.4 Å². The van der Waals surface area contributed by atoms with Crippen LogP contribution in [0.2, 0.25) is 0 Å². The maximum atomic E-state index is 11.5. The van der Waals surface area contributed by atoms with Gasteiger partial charge in [0.1, 0.15) is 0 Å². The van der Waals surface area contributed by atoms with E-state index in [-0.39, 0.29) is 5.91 Å². The smallest absolute Gasteiger partial charge is 0.222 e. The average Bonchev–Trinajstić information content (AvgIpc) is 2.65. The van der Waals surface area contributed by atoms with Crippen LogP contribution in [-0.2, 0) is 17.9 Å². The fraction of sp³-hybridized carbons (Fsp3) is 0.455. The molecule has 1 fully saturated rings. The number of hydrogen-bond donors (Lipinski definition) is 1. The molecule has 4 heteroatoms. The van der Waals surface area contributed by atoms with Crippen LogP contribution in [0.3, 0.4) is 0 Å². The number of nitrogens with zero attached hydrogens (tertiary/aromatic N) is 2. The van der Waals surface area contributed by atoms with Crippen molar-refractivity contribution in [3.05, 3.63) is 29.6 Å². The number of carbonyl (C=O) groups excluding carboxylic acids is 1. The van der Waals surface area contributed by atoms with E-state index in [1.807, 2.05) is 11.0 Å². The minimum absolute atomic E-state index is 0.245. The molecule has 1 saturated heterocycles. The van der Waals surface area contributed by atoms with Crippen molar-refractivity contribution in [3.63, 3.8) is 0 Å². The van der Waals surface area contributed by atoms with Crippen molar-refractivity contribution >= 4 is 5.91 Å². The van der Waals surface area contributed by atoms with Gasteiger partial charge in [0.25, 0.3) is 0 Å². The highest BCUT2D eigenvalue weighted by Gasteiger charge is 2.20. The van der Waals surface area contributed by atoms with Gasteiger partial charge in [0.2, 0.25) is 5.91 Å². The van der Waals surface area contributed by atoms with Crippen LogP contribution in [-0.4, -0.2) is 22.3 Å². The Morgan fingerprint density at radius 1 is 1.47 bits per heavy atom. The second-order valence-electron chi connectivity index (χ2n) is 3.77. The summed E-state index contributed by atoms with van der Waals surface area (Å²) in [4.78, 5) is 17.4. The van der Waals surface area contributed by atoms with Crippen molar-refractivity contribution in [2.45, 2.75) is 25.9 Å². The summed E-state index contributed by atoms with van der Waals surface area (Å²) < 4.78 is 0. The second kappa shape index (κ2) is 4.40. The van der Waals surface area contributed by atoms with Crippen molar-refractivity contribution in [2.24, 2.45) is 5.73 Å². The number of pyridine rings is 1. The highest BCUT2D eigenvalue weighted by molar-refractivity contribution is 5.78. The maximum absolute atomic E-state index is 11.5. The molecule has 1 aromatic heterocycles. The largest absolute Gasteiger partial charge is 0.338 e. The third-order valence-corrected chi connectivity index (χ3v) is 2.76. The lowest BCUT2D eigenvalue weighted by Crippen LogP contribution is -2.24. The van der Waals surface area contributed by atoms with E-state index in [9.17, 15) is 4.79 Å². The molecular formula is C11H15N3O. The van der Waals surface area contributed by atoms with Crippen LogP contribution in [0.4, 0.5) is 0 Å². The zero-order valence-electron chi connectivity index (χ0n) is 8.65. The van der Waals surface area contributed by atoms with Crippen LogP contribution in [0.5, 0.6) is 0 Å². The molecule has 0 radical (unpaired) electrons. The molecule has 2 N–H and O–H groups in total. The molecule has 4 nitrogen and oxygen atoms in total. The minimum atomic E-state index is 0.245. The van der Waals surface area contributed by atoms with Gasteiger partial charge in [-0.3, -0.25) is 9.78 Å². The molecule has 1 aliphatic heterocycles. The third kappa shape index (κ3) is 2.15. The van der Waals surface area contributed by atoms with Crippen LogP contribution >= 0.6 is 0 Å². The summed E-state index contributed by atoms with van der Waals surface area (Å²) in [6, 6.07) is 1.94. The Kier molecular flexibility index (Phi) is 2.97. The number of carbonyl (C=O) groups is 1. The Morgan fingerprint density at radius 3 is 3.00 bits per heavy atom. The van der Waals surface area contributed by atoms with Gasteiger partial charge in [-0.15, -0.1) is 0 Å². The second-order valence-corrected chi connectivity index (χ2v) is 3.77. The molecule has 1 aliphatic rings. The van der Waals surface area contributed by atoms with Crippen molar-refractivity contribution < 1.29 is 4.79 Å². The monoisotopic (exact) mass is 205 g/mol. The van der Waals surface area contributed by atoms with Gasteiger partial charge in [0.15, 0.2) is 0 Å². The molecule has 0 atom stereocenters. The number of aromatic nitrogens is 1. The van der Waals surface area contributed by atoms with E-state index in [0.717, 1.165) is 24.1 Å². The predicted octanol–water partition coefficient (Wildman–Crippen LogP) is 0.663. The van der Waals surface area contributed by atoms with Gasteiger partial charge >= 0.3 is 0 Å². The van der Waals surface area contributed by atoms with Crippen LogP contribution in [0, 0.1) is 0 Å². The first-order chi connectivity index (χ1) is 7.31. The maximum Gasteiger partial charge on any atom is 0.222 e. The molecule has 0 spiro atoms. The summed E-state index contributed by atoms with van der Waals surface area (Å²) in [6.07, 6.45) is 5.18. The van der Waals surface area contributed by atoms with E-state index in [1.165, 1.54) is 0 Å². The summed E-state index contributed by atoms with van der Waals surface area (Å²) >= 11 is 0.